The Morgan fingerprint density at radius 2 is 1.83 bits per heavy atom. The summed E-state index contributed by atoms with van der Waals surface area (Å²) in [6.45, 7) is 3.35. The van der Waals surface area contributed by atoms with Crippen LogP contribution in [0.2, 0.25) is 0 Å². The van der Waals surface area contributed by atoms with Gasteiger partial charge in [-0.05, 0) is 73.0 Å². The Kier molecular flexibility index (Phi) is 8.85. The molecule has 2 amide bonds. The maximum absolute atomic E-state index is 12.4. The third-order valence-electron chi connectivity index (χ3n) is 5.01. The lowest BCUT2D eigenvalue weighted by Crippen LogP contribution is -2.39. The molecule has 0 aliphatic heterocycles. The predicted octanol–water partition coefficient (Wildman–Crippen LogP) is 2.51. The van der Waals surface area contributed by atoms with Gasteiger partial charge in [0.2, 0.25) is 10.0 Å². The fraction of sp³-hybridized carbons (Fsp3) is 0.240. The molecule has 0 saturated carbocycles. The van der Waals surface area contributed by atoms with Gasteiger partial charge < -0.3 is 14.5 Å². The van der Waals surface area contributed by atoms with Crippen molar-refractivity contribution < 1.29 is 27.2 Å². The Labute approximate surface area is 210 Å². The number of benzene rings is 2. The number of rotatable bonds is 11. The molecule has 0 atom stereocenters. The van der Waals surface area contributed by atoms with Crippen molar-refractivity contribution in [1.82, 2.24) is 10.7 Å². The van der Waals surface area contributed by atoms with E-state index in [0.717, 1.165) is 21.7 Å². The lowest BCUT2D eigenvalue weighted by atomic mass is 10.1. The van der Waals surface area contributed by atoms with Gasteiger partial charge in [0, 0.05) is 0 Å². The fourth-order valence-electron chi connectivity index (χ4n) is 3.16. The number of hydrazone groups is 1. The molecule has 0 unspecified atom stereocenters. The van der Waals surface area contributed by atoms with Gasteiger partial charge in [0.15, 0.2) is 6.61 Å². The quantitative estimate of drug-likeness (QED) is 0.300. The molecular formula is C25H28N4O6S. The third kappa shape index (κ3) is 7.98. The number of nitrogens with one attached hydrogen (secondary N) is 2. The Morgan fingerprint density at radius 3 is 2.50 bits per heavy atom. The molecule has 0 aliphatic carbocycles. The SMILES string of the molecule is Cc1ccc(C)c(N(CC(=O)N/N=C\c2ccc(OCC(=O)NCc3ccco3)cc2)S(C)(=O)=O)c1. The molecule has 3 rings (SSSR count). The first-order valence-electron chi connectivity index (χ1n) is 11.0. The summed E-state index contributed by atoms with van der Waals surface area (Å²) in [7, 11) is -3.69. The van der Waals surface area contributed by atoms with Crippen molar-refractivity contribution >= 4 is 33.7 Å². The van der Waals surface area contributed by atoms with Crippen molar-refractivity contribution in [3.8, 4) is 5.75 Å². The van der Waals surface area contributed by atoms with E-state index in [1.54, 1.807) is 55.5 Å². The summed E-state index contributed by atoms with van der Waals surface area (Å²) in [5.74, 6) is 0.261. The maximum Gasteiger partial charge on any atom is 0.260 e. The molecule has 0 aliphatic rings. The number of sulfonamides is 1. The van der Waals surface area contributed by atoms with E-state index in [1.807, 2.05) is 13.0 Å². The Balaban J connectivity index is 1.49. The molecule has 0 radical (unpaired) electrons. The van der Waals surface area contributed by atoms with Gasteiger partial charge in [-0.15, -0.1) is 0 Å². The van der Waals surface area contributed by atoms with E-state index in [0.29, 0.717) is 22.8 Å². The molecule has 0 saturated heterocycles. The van der Waals surface area contributed by atoms with Gasteiger partial charge >= 0.3 is 0 Å². The zero-order valence-corrected chi connectivity index (χ0v) is 21.0. The van der Waals surface area contributed by atoms with Gasteiger partial charge in [0.25, 0.3) is 11.8 Å². The van der Waals surface area contributed by atoms with Crippen LogP contribution in [-0.4, -0.2) is 45.9 Å². The second-order valence-corrected chi connectivity index (χ2v) is 9.97. The predicted molar refractivity (Wildman–Crippen MR) is 136 cm³/mol. The van der Waals surface area contributed by atoms with E-state index >= 15 is 0 Å². The normalized spacial score (nSPS) is 11.3. The molecule has 3 aromatic rings. The number of carbonyl (C=O) groups is 2. The standard InChI is InChI=1S/C25H28N4O6S/c1-18-6-7-19(2)23(13-18)29(36(3,32)33)16-24(30)28-27-14-20-8-10-21(11-9-20)35-17-25(31)26-15-22-5-4-12-34-22/h4-14H,15-17H2,1-3H3,(H,26,31)(H,28,30)/b27-14-. The smallest absolute Gasteiger partial charge is 0.260 e. The maximum atomic E-state index is 12.4. The molecule has 0 fully saturated rings. The average molecular weight is 513 g/mol. The van der Waals surface area contributed by atoms with E-state index in [9.17, 15) is 18.0 Å². The highest BCUT2D eigenvalue weighted by Crippen LogP contribution is 2.23. The first-order chi connectivity index (χ1) is 17.1. The van der Waals surface area contributed by atoms with Gasteiger partial charge in [-0.3, -0.25) is 13.9 Å². The highest BCUT2D eigenvalue weighted by atomic mass is 32.2. The summed E-state index contributed by atoms with van der Waals surface area (Å²) in [4.78, 5) is 24.3. The van der Waals surface area contributed by atoms with E-state index in [1.165, 1.54) is 12.5 Å². The number of anilines is 1. The summed E-state index contributed by atoms with van der Waals surface area (Å²) >= 11 is 0. The zero-order chi connectivity index (χ0) is 26.1. The van der Waals surface area contributed by atoms with Crippen molar-refractivity contribution in [3.05, 3.63) is 83.3 Å². The van der Waals surface area contributed by atoms with E-state index in [2.05, 4.69) is 15.8 Å². The third-order valence-corrected chi connectivity index (χ3v) is 6.14. The topological polar surface area (TPSA) is 130 Å². The molecule has 11 heteroatoms. The molecule has 0 bridgehead atoms. The molecule has 36 heavy (non-hydrogen) atoms. The number of furan rings is 1. The zero-order valence-electron chi connectivity index (χ0n) is 20.2. The Hall–Kier alpha value is -4.12. The fourth-order valence-corrected chi connectivity index (χ4v) is 4.07. The minimum Gasteiger partial charge on any atom is -0.484 e. The second-order valence-electron chi connectivity index (χ2n) is 8.07. The van der Waals surface area contributed by atoms with E-state index < -0.39 is 22.5 Å². The molecule has 2 aromatic carbocycles. The number of ether oxygens (including phenoxy) is 1. The highest BCUT2D eigenvalue weighted by molar-refractivity contribution is 7.92. The van der Waals surface area contributed by atoms with Crippen LogP contribution in [0.4, 0.5) is 5.69 Å². The summed E-state index contributed by atoms with van der Waals surface area (Å²) in [6.07, 6.45) is 4.00. The molecule has 10 nitrogen and oxygen atoms in total. The lowest BCUT2D eigenvalue weighted by Gasteiger charge is -2.23. The largest absolute Gasteiger partial charge is 0.484 e. The summed E-state index contributed by atoms with van der Waals surface area (Å²) in [5.41, 5.74) is 5.08. The van der Waals surface area contributed by atoms with Crippen molar-refractivity contribution in [1.29, 1.82) is 0 Å². The van der Waals surface area contributed by atoms with Gasteiger partial charge in [0.05, 0.1) is 31.0 Å². The van der Waals surface area contributed by atoms with Crippen LogP contribution < -0.4 is 19.8 Å². The van der Waals surface area contributed by atoms with Crippen molar-refractivity contribution in [2.24, 2.45) is 5.10 Å². The van der Waals surface area contributed by atoms with E-state index in [-0.39, 0.29) is 19.1 Å². The van der Waals surface area contributed by atoms with Gasteiger partial charge in [0.1, 0.15) is 18.1 Å². The molecule has 2 N–H and O–H groups in total. The number of hydrogen-bond acceptors (Lipinski definition) is 7. The van der Waals surface area contributed by atoms with Gasteiger partial charge in [-0.25, -0.2) is 13.8 Å². The van der Waals surface area contributed by atoms with Crippen LogP contribution in [0.3, 0.4) is 0 Å². The van der Waals surface area contributed by atoms with Crippen LogP contribution in [0.15, 0.2) is 70.4 Å². The number of carbonyl (C=O) groups excluding carboxylic acids is 2. The van der Waals surface area contributed by atoms with Crippen LogP contribution in [0.25, 0.3) is 0 Å². The minimum absolute atomic E-state index is 0.151. The minimum atomic E-state index is -3.69. The highest BCUT2D eigenvalue weighted by Gasteiger charge is 2.22. The van der Waals surface area contributed by atoms with Crippen LogP contribution in [0, 0.1) is 13.8 Å². The Morgan fingerprint density at radius 1 is 1.08 bits per heavy atom. The van der Waals surface area contributed by atoms with Crippen molar-refractivity contribution in [2.45, 2.75) is 20.4 Å². The van der Waals surface area contributed by atoms with Crippen LogP contribution in [0.1, 0.15) is 22.5 Å². The summed E-state index contributed by atoms with van der Waals surface area (Å²) < 4.78 is 36.3. The van der Waals surface area contributed by atoms with Crippen molar-refractivity contribution in [2.75, 3.05) is 23.7 Å². The Bertz CT molecular complexity index is 1320. The molecule has 1 aromatic heterocycles. The van der Waals surface area contributed by atoms with Gasteiger partial charge in [-0.2, -0.15) is 5.10 Å². The van der Waals surface area contributed by atoms with Crippen LogP contribution >= 0.6 is 0 Å². The van der Waals surface area contributed by atoms with E-state index in [4.69, 9.17) is 9.15 Å². The molecule has 190 valence electrons. The number of amides is 2. The number of aryl methyl sites for hydroxylation is 2. The first-order valence-corrected chi connectivity index (χ1v) is 12.9. The van der Waals surface area contributed by atoms with Crippen molar-refractivity contribution in [3.63, 3.8) is 0 Å². The lowest BCUT2D eigenvalue weighted by molar-refractivity contribution is -0.123. The first kappa shape index (κ1) is 26.5. The van der Waals surface area contributed by atoms with Gasteiger partial charge in [-0.1, -0.05) is 12.1 Å². The number of nitrogens with zero attached hydrogens (tertiary/aromatic N) is 2. The summed E-state index contributed by atoms with van der Waals surface area (Å²) in [6, 6.07) is 15.6. The average Bonchev–Trinajstić information content (AvgIpc) is 3.35. The monoisotopic (exact) mass is 512 g/mol. The molecular weight excluding hydrogens is 484 g/mol. The summed E-state index contributed by atoms with van der Waals surface area (Å²) in [5, 5.41) is 6.59. The van der Waals surface area contributed by atoms with Crippen LogP contribution in [-0.2, 0) is 26.2 Å². The molecule has 0 spiro atoms. The second kappa shape index (κ2) is 12.0. The number of hydrogen-bond donors (Lipinski definition) is 2. The molecule has 1 heterocycles. The van der Waals surface area contributed by atoms with Crippen LogP contribution in [0.5, 0.6) is 5.75 Å².